The molecule has 1 aliphatic rings. The van der Waals surface area contributed by atoms with Crippen molar-refractivity contribution in [3.05, 3.63) is 52.9 Å². The Morgan fingerprint density at radius 1 is 1.12 bits per heavy atom. The summed E-state index contributed by atoms with van der Waals surface area (Å²) in [4.78, 5) is 15.5. The van der Waals surface area contributed by atoms with Crippen molar-refractivity contribution in [3.63, 3.8) is 0 Å². The largest absolute Gasteiger partial charge is 0.461 e. The molecule has 128 valence electrons. The second kappa shape index (κ2) is 7.73. The van der Waals surface area contributed by atoms with Crippen LogP contribution in [0.15, 0.2) is 40.8 Å². The number of halogens is 1. The molecule has 0 amide bonds. The third kappa shape index (κ3) is 4.30. The Kier molecular flexibility index (Phi) is 5.43. The second-order valence-corrected chi connectivity index (χ2v) is 6.27. The van der Waals surface area contributed by atoms with Crippen LogP contribution in [-0.2, 0) is 22.7 Å². The first-order valence-corrected chi connectivity index (χ1v) is 8.42. The monoisotopic (exact) mass is 348 g/mol. The van der Waals surface area contributed by atoms with Crippen LogP contribution in [0.2, 0.25) is 5.02 Å². The van der Waals surface area contributed by atoms with Crippen LogP contribution < -0.4 is 4.90 Å². The van der Waals surface area contributed by atoms with Crippen LogP contribution in [0.4, 0.5) is 5.69 Å². The molecular weight excluding hydrogens is 328 g/mol. The molecular formula is C18H21ClN2O3. The number of carbonyl (C=O) groups excluding carboxylic acids is 1. The highest BCUT2D eigenvalue weighted by atomic mass is 35.5. The van der Waals surface area contributed by atoms with Gasteiger partial charge in [-0.15, -0.1) is 0 Å². The van der Waals surface area contributed by atoms with Gasteiger partial charge in [0.25, 0.3) is 0 Å². The Hall–Kier alpha value is -1.98. The van der Waals surface area contributed by atoms with Crippen molar-refractivity contribution >= 4 is 23.3 Å². The minimum Gasteiger partial charge on any atom is -0.461 e. The van der Waals surface area contributed by atoms with E-state index in [2.05, 4.69) is 15.9 Å². The molecule has 6 heteroatoms. The van der Waals surface area contributed by atoms with Crippen LogP contribution in [0.25, 0.3) is 0 Å². The van der Waals surface area contributed by atoms with Gasteiger partial charge in [0.05, 0.1) is 17.3 Å². The summed E-state index contributed by atoms with van der Waals surface area (Å²) in [5.41, 5.74) is 1.10. The Labute approximate surface area is 146 Å². The fraction of sp³-hybridized carbons (Fsp3) is 0.389. The maximum Gasteiger partial charge on any atom is 0.303 e. The van der Waals surface area contributed by atoms with Crippen molar-refractivity contribution < 1.29 is 13.9 Å². The molecule has 0 spiro atoms. The zero-order valence-electron chi connectivity index (χ0n) is 13.7. The number of nitrogens with zero attached hydrogens (tertiary/aromatic N) is 2. The Morgan fingerprint density at radius 3 is 2.54 bits per heavy atom. The quantitative estimate of drug-likeness (QED) is 0.776. The lowest BCUT2D eigenvalue weighted by Gasteiger charge is -2.36. The molecule has 1 saturated heterocycles. The average Bonchev–Trinajstić information content (AvgIpc) is 3.02. The molecule has 0 atom stereocenters. The summed E-state index contributed by atoms with van der Waals surface area (Å²) in [6.07, 6.45) is 0. The summed E-state index contributed by atoms with van der Waals surface area (Å²) in [7, 11) is 0. The lowest BCUT2D eigenvalue weighted by atomic mass is 10.2. The molecule has 0 N–H and O–H groups in total. The summed E-state index contributed by atoms with van der Waals surface area (Å²) < 4.78 is 10.7. The highest BCUT2D eigenvalue weighted by Crippen LogP contribution is 2.26. The molecule has 0 aliphatic carbocycles. The minimum atomic E-state index is -0.302. The molecule has 3 rings (SSSR count). The summed E-state index contributed by atoms with van der Waals surface area (Å²) in [6.45, 7) is 6.11. The fourth-order valence-corrected chi connectivity index (χ4v) is 3.09. The van der Waals surface area contributed by atoms with Crippen molar-refractivity contribution in [1.29, 1.82) is 0 Å². The van der Waals surface area contributed by atoms with E-state index in [0.29, 0.717) is 5.76 Å². The Bertz CT molecular complexity index is 693. The van der Waals surface area contributed by atoms with Gasteiger partial charge in [-0.05, 0) is 24.3 Å². The number of furan rings is 1. The molecule has 1 aliphatic heterocycles. The van der Waals surface area contributed by atoms with Gasteiger partial charge in [-0.1, -0.05) is 23.7 Å². The van der Waals surface area contributed by atoms with Gasteiger partial charge in [-0.3, -0.25) is 9.69 Å². The fourth-order valence-electron chi connectivity index (χ4n) is 2.83. The van der Waals surface area contributed by atoms with Gasteiger partial charge in [0.1, 0.15) is 18.1 Å². The van der Waals surface area contributed by atoms with Crippen LogP contribution in [-0.4, -0.2) is 37.0 Å². The van der Waals surface area contributed by atoms with Gasteiger partial charge in [-0.2, -0.15) is 0 Å². The van der Waals surface area contributed by atoms with Gasteiger partial charge in [0.2, 0.25) is 0 Å². The van der Waals surface area contributed by atoms with E-state index in [1.54, 1.807) is 0 Å². The topological polar surface area (TPSA) is 45.9 Å². The lowest BCUT2D eigenvalue weighted by molar-refractivity contribution is -0.142. The second-order valence-electron chi connectivity index (χ2n) is 5.86. The first kappa shape index (κ1) is 16.9. The summed E-state index contributed by atoms with van der Waals surface area (Å²) in [5, 5.41) is 0.798. The summed E-state index contributed by atoms with van der Waals surface area (Å²) >= 11 is 6.27. The smallest absolute Gasteiger partial charge is 0.303 e. The normalized spacial score (nSPS) is 15.5. The van der Waals surface area contributed by atoms with Crippen LogP contribution >= 0.6 is 11.6 Å². The summed E-state index contributed by atoms with van der Waals surface area (Å²) in [6, 6.07) is 11.8. The van der Waals surface area contributed by atoms with E-state index in [1.165, 1.54) is 6.92 Å². The van der Waals surface area contributed by atoms with Gasteiger partial charge in [-0.25, -0.2) is 0 Å². The lowest BCUT2D eigenvalue weighted by Crippen LogP contribution is -2.46. The van der Waals surface area contributed by atoms with Crippen LogP contribution in [0.5, 0.6) is 0 Å². The van der Waals surface area contributed by atoms with Gasteiger partial charge >= 0.3 is 5.97 Å². The van der Waals surface area contributed by atoms with Gasteiger partial charge in [0, 0.05) is 33.1 Å². The van der Waals surface area contributed by atoms with E-state index < -0.39 is 0 Å². The molecule has 0 saturated carbocycles. The number of piperazine rings is 1. The number of hydrogen-bond acceptors (Lipinski definition) is 5. The molecule has 2 aromatic rings. The Morgan fingerprint density at radius 2 is 1.83 bits per heavy atom. The van der Waals surface area contributed by atoms with Crippen molar-refractivity contribution in [2.24, 2.45) is 0 Å². The van der Waals surface area contributed by atoms with E-state index in [1.807, 2.05) is 30.3 Å². The Balaban J connectivity index is 1.50. The number of ether oxygens (including phenoxy) is 1. The van der Waals surface area contributed by atoms with Crippen molar-refractivity contribution in [2.45, 2.75) is 20.1 Å². The molecule has 1 aromatic carbocycles. The number of anilines is 1. The van der Waals surface area contributed by atoms with Crippen LogP contribution in [0.1, 0.15) is 18.4 Å². The zero-order valence-corrected chi connectivity index (χ0v) is 14.5. The first-order valence-electron chi connectivity index (χ1n) is 8.04. The maximum atomic E-state index is 10.8. The number of hydrogen-bond donors (Lipinski definition) is 0. The number of carbonyl (C=O) groups is 1. The van der Waals surface area contributed by atoms with E-state index in [0.717, 1.165) is 49.2 Å². The van der Waals surface area contributed by atoms with E-state index in [-0.39, 0.29) is 12.6 Å². The minimum absolute atomic E-state index is 0.190. The van der Waals surface area contributed by atoms with Gasteiger partial charge < -0.3 is 14.1 Å². The van der Waals surface area contributed by atoms with Crippen molar-refractivity contribution in [3.8, 4) is 0 Å². The molecule has 0 bridgehead atoms. The highest BCUT2D eigenvalue weighted by Gasteiger charge is 2.19. The molecule has 1 fully saturated rings. The number of para-hydroxylation sites is 1. The molecule has 0 radical (unpaired) electrons. The highest BCUT2D eigenvalue weighted by molar-refractivity contribution is 6.33. The van der Waals surface area contributed by atoms with Gasteiger partial charge in [0.15, 0.2) is 0 Å². The van der Waals surface area contributed by atoms with E-state index in [4.69, 9.17) is 20.8 Å². The molecule has 0 unspecified atom stereocenters. The van der Waals surface area contributed by atoms with Crippen LogP contribution in [0.3, 0.4) is 0 Å². The van der Waals surface area contributed by atoms with Crippen LogP contribution in [0, 0.1) is 0 Å². The zero-order chi connectivity index (χ0) is 16.9. The molecule has 1 aromatic heterocycles. The van der Waals surface area contributed by atoms with Crippen molar-refractivity contribution in [2.75, 3.05) is 31.1 Å². The predicted octanol–water partition coefficient (Wildman–Crippen LogP) is 3.32. The predicted molar refractivity (Wildman–Crippen MR) is 93.1 cm³/mol. The SMILES string of the molecule is CC(=O)OCc1ccc(CN2CCN(c3ccccc3Cl)CC2)o1. The van der Waals surface area contributed by atoms with E-state index >= 15 is 0 Å². The van der Waals surface area contributed by atoms with E-state index in [9.17, 15) is 4.79 Å². The maximum absolute atomic E-state index is 10.8. The molecule has 5 nitrogen and oxygen atoms in total. The molecule has 2 heterocycles. The summed E-state index contributed by atoms with van der Waals surface area (Å²) in [5.74, 6) is 1.27. The average molecular weight is 349 g/mol. The third-order valence-corrected chi connectivity index (χ3v) is 4.40. The standard InChI is InChI=1S/C18H21ClN2O3/c1-14(22)23-13-16-7-6-15(24-16)12-20-8-10-21(11-9-20)18-5-3-2-4-17(18)19/h2-7H,8-13H2,1H3. The molecule has 24 heavy (non-hydrogen) atoms. The number of rotatable bonds is 5. The third-order valence-electron chi connectivity index (χ3n) is 4.08. The first-order chi connectivity index (χ1) is 11.6. The number of esters is 1. The van der Waals surface area contributed by atoms with Crippen molar-refractivity contribution in [1.82, 2.24) is 4.90 Å². The number of benzene rings is 1.